The van der Waals surface area contributed by atoms with Gasteiger partial charge in [-0.15, -0.1) is 11.3 Å². The minimum absolute atomic E-state index is 0.0126. The summed E-state index contributed by atoms with van der Waals surface area (Å²) in [6.07, 6.45) is -4.69. The third-order valence-electron chi connectivity index (χ3n) is 1.94. The largest absolute Gasteiger partial charge is 0.419 e. The molecule has 0 atom stereocenters. The zero-order chi connectivity index (χ0) is 11.2. The van der Waals surface area contributed by atoms with Gasteiger partial charge in [-0.1, -0.05) is 11.6 Å². The normalized spacial score (nSPS) is 12.3. The highest BCUT2D eigenvalue weighted by molar-refractivity contribution is 7.17. The minimum Gasteiger partial charge on any atom is -0.206 e. The van der Waals surface area contributed by atoms with Gasteiger partial charge in [-0.2, -0.15) is 13.2 Å². The average molecular weight is 255 g/mol. The topological polar surface area (TPSA) is 0 Å². The van der Waals surface area contributed by atoms with Crippen LogP contribution in [0.5, 0.6) is 0 Å². The molecule has 0 spiro atoms. The van der Waals surface area contributed by atoms with Crippen LogP contribution in [-0.4, -0.2) is 0 Å². The van der Waals surface area contributed by atoms with Gasteiger partial charge in [0.25, 0.3) is 0 Å². The molecule has 0 saturated heterocycles. The predicted octanol–water partition coefficient (Wildman–Crippen LogP) is 4.71. The summed E-state index contributed by atoms with van der Waals surface area (Å²) in [5.74, 6) is -1.30. The lowest BCUT2D eigenvalue weighted by atomic mass is 10.1. The minimum atomic E-state index is -4.69. The van der Waals surface area contributed by atoms with E-state index in [4.69, 9.17) is 11.6 Å². The summed E-state index contributed by atoms with van der Waals surface area (Å²) >= 11 is 6.71. The van der Waals surface area contributed by atoms with Crippen molar-refractivity contribution in [1.82, 2.24) is 0 Å². The van der Waals surface area contributed by atoms with E-state index in [9.17, 15) is 17.6 Å². The van der Waals surface area contributed by atoms with E-state index in [0.29, 0.717) is 4.70 Å². The summed E-state index contributed by atoms with van der Waals surface area (Å²) in [6.45, 7) is 0. The number of benzene rings is 1. The zero-order valence-electron chi connectivity index (χ0n) is 7.03. The molecule has 0 aliphatic heterocycles. The van der Waals surface area contributed by atoms with Crippen molar-refractivity contribution in [1.29, 1.82) is 0 Å². The summed E-state index contributed by atoms with van der Waals surface area (Å²) in [5.41, 5.74) is -1.28. The molecule has 0 nitrogen and oxygen atoms in total. The lowest BCUT2D eigenvalue weighted by molar-refractivity contribution is -0.139. The SMILES string of the molecule is Fc1c(C(F)(F)F)ccc2scc(Cl)c12. The molecule has 0 bridgehead atoms. The van der Waals surface area contributed by atoms with E-state index < -0.39 is 17.6 Å². The van der Waals surface area contributed by atoms with E-state index in [1.807, 2.05) is 0 Å². The number of halogens is 5. The van der Waals surface area contributed by atoms with E-state index >= 15 is 0 Å². The molecule has 1 heterocycles. The van der Waals surface area contributed by atoms with Crippen LogP contribution in [0.2, 0.25) is 5.02 Å². The average Bonchev–Trinajstić information content (AvgIpc) is 2.46. The van der Waals surface area contributed by atoms with Crippen LogP contribution in [0, 0.1) is 5.82 Å². The second kappa shape index (κ2) is 3.35. The second-order valence-corrected chi connectivity index (χ2v) is 4.20. The number of fused-ring (bicyclic) bond motifs is 1. The van der Waals surface area contributed by atoms with Crippen molar-refractivity contribution in [2.24, 2.45) is 0 Å². The highest BCUT2D eigenvalue weighted by atomic mass is 35.5. The molecule has 80 valence electrons. The molecule has 0 saturated carbocycles. The summed E-state index contributed by atoms with van der Waals surface area (Å²) in [5, 5.41) is 1.27. The number of hydrogen-bond donors (Lipinski definition) is 0. The maximum Gasteiger partial charge on any atom is 0.419 e. The summed E-state index contributed by atoms with van der Waals surface area (Å²) in [6, 6.07) is 1.95. The van der Waals surface area contributed by atoms with Crippen LogP contribution in [-0.2, 0) is 6.18 Å². The van der Waals surface area contributed by atoms with E-state index in [1.165, 1.54) is 11.4 Å². The van der Waals surface area contributed by atoms with Crippen molar-refractivity contribution in [2.75, 3.05) is 0 Å². The first kappa shape index (κ1) is 10.7. The summed E-state index contributed by atoms with van der Waals surface area (Å²) in [7, 11) is 0. The molecule has 0 unspecified atom stereocenters. The number of hydrogen-bond acceptors (Lipinski definition) is 1. The van der Waals surface area contributed by atoms with Gasteiger partial charge in [0, 0.05) is 15.5 Å². The first-order chi connectivity index (χ1) is 6.91. The molecule has 0 N–H and O–H groups in total. The maximum atomic E-state index is 13.5. The molecule has 0 fully saturated rings. The Kier molecular flexibility index (Phi) is 2.39. The first-order valence-electron chi connectivity index (χ1n) is 3.83. The van der Waals surface area contributed by atoms with Gasteiger partial charge in [-0.3, -0.25) is 0 Å². The van der Waals surface area contributed by atoms with E-state index in [2.05, 4.69) is 0 Å². The molecular weight excluding hydrogens is 252 g/mol. The monoisotopic (exact) mass is 254 g/mol. The Labute approximate surface area is 91.1 Å². The van der Waals surface area contributed by atoms with E-state index in [0.717, 1.165) is 17.4 Å². The molecule has 0 aliphatic rings. The molecule has 2 aromatic rings. The smallest absolute Gasteiger partial charge is 0.206 e. The van der Waals surface area contributed by atoms with Gasteiger partial charge < -0.3 is 0 Å². The van der Waals surface area contributed by atoms with Crippen LogP contribution in [0.1, 0.15) is 5.56 Å². The third-order valence-corrected chi connectivity index (χ3v) is 3.31. The van der Waals surface area contributed by atoms with Crippen LogP contribution in [0.3, 0.4) is 0 Å². The van der Waals surface area contributed by atoms with Crippen LogP contribution >= 0.6 is 22.9 Å². The molecule has 1 aromatic heterocycles. The molecule has 6 heteroatoms. The second-order valence-electron chi connectivity index (χ2n) is 2.88. The summed E-state index contributed by atoms with van der Waals surface area (Å²) in [4.78, 5) is 0. The van der Waals surface area contributed by atoms with Gasteiger partial charge in [-0.05, 0) is 12.1 Å². The molecule has 15 heavy (non-hydrogen) atoms. The van der Waals surface area contributed by atoms with Gasteiger partial charge >= 0.3 is 6.18 Å². The predicted molar refractivity (Wildman–Crippen MR) is 51.8 cm³/mol. The Morgan fingerprint density at radius 2 is 1.87 bits per heavy atom. The van der Waals surface area contributed by atoms with Crippen molar-refractivity contribution >= 4 is 33.0 Å². The molecule has 0 amide bonds. The van der Waals surface area contributed by atoms with Gasteiger partial charge in [0.1, 0.15) is 5.82 Å². The Hall–Kier alpha value is -0.810. The van der Waals surface area contributed by atoms with E-state index in [-0.39, 0.29) is 10.4 Å². The van der Waals surface area contributed by atoms with Crippen LogP contribution in [0.4, 0.5) is 17.6 Å². The Bertz CT molecular complexity index is 515. The zero-order valence-corrected chi connectivity index (χ0v) is 8.60. The fraction of sp³-hybridized carbons (Fsp3) is 0.111. The lowest BCUT2D eigenvalue weighted by Crippen LogP contribution is -2.07. The quantitative estimate of drug-likeness (QED) is 0.597. The standard InChI is InChI=1S/C9H3ClF4S/c10-5-3-15-6-2-1-4(9(12,13)14)8(11)7(5)6/h1-3H. The van der Waals surface area contributed by atoms with Gasteiger partial charge in [0.05, 0.1) is 10.6 Å². The highest BCUT2D eigenvalue weighted by Crippen LogP contribution is 2.39. The summed E-state index contributed by atoms with van der Waals surface area (Å²) < 4.78 is 50.9. The fourth-order valence-electron chi connectivity index (χ4n) is 1.27. The van der Waals surface area contributed by atoms with Crippen molar-refractivity contribution in [3.05, 3.63) is 33.9 Å². The van der Waals surface area contributed by atoms with Crippen molar-refractivity contribution in [2.45, 2.75) is 6.18 Å². The molecule has 0 aliphatic carbocycles. The molecule has 0 radical (unpaired) electrons. The van der Waals surface area contributed by atoms with Gasteiger partial charge in [0.15, 0.2) is 0 Å². The van der Waals surface area contributed by atoms with Gasteiger partial charge in [-0.25, -0.2) is 4.39 Å². The Balaban J connectivity index is 2.80. The first-order valence-corrected chi connectivity index (χ1v) is 5.09. The van der Waals surface area contributed by atoms with Crippen LogP contribution < -0.4 is 0 Å². The third kappa shape index (κ3) is 1.70. The van der Waals surface area contributed by atoms with Crippen molar-refractivity contribution in [3.8, 4) is 0 Å². The Morgan fingerprint density at radius 3 is 2.47 bits per heavy atom. The number of rotatable bonds is 0. The van der Waals surface area contributed by atoms with Crippen molar-refractivity contribution < 1.29 is 17.6 Å². The molecule has 2 rings (SSSR count). The lowest BCUT2D eigenvalue weighted by Gasteiger charge is -2.08. The number of thiophene rings is 1. The Morgan fingerprint density at radius 1 is 1.20 bits per heavy atom. The molecule has 1 aromatic carbocycles. The molecular formula is C9H3ClF4S. The maximum absolute atomic E-state index is 13.5. The van der Waals surface area contributed by atoms with Crippen LogP contribution in [0.15, 0.2) is 17.5 Å². The van der Waals surface area contributed by atoms with Crippen LogP contribution in [0.25, 0.3) is 10.1 Å². The van der Waals surface area contributed by atoms with Crippen molar-refractivity contribution in [3.63, 3.8) is 0 Å². The fourth-order valence-corrected chi connectivity index (χ4v) is 2.46. The number of alkyl halides is 3. The van der Waals surface area contributed by atoms with Gasteiger partial charge in [0.2, 0.25) is 0 Å². The van der Waals surface area contributed by atoms with E-state index in [1.54, 1.807) is 0 Å². The highest BCUT2D eigenvalue weighted by Gasteiger charge is 2.35.